The molecule has 0 amide bonds. The van der Waals surface area contributed by atoms with Crippen LogP contribution in [0.5, 0.6) is 0 Å². The van der Waals surface area contributed by atoms with Crippen molar-refractivity contribution in [1.82, 2.24) is 0 Å². The van der Waals surface area contributed by atoms with E-state index in [1.54, 1.807) is 18.2 Å². The van der Waals surface area contributed by atoms with E-state index >= 15 is 0 Å². The van der Waals surface area contributed by atoms with Crippen LogP contribution in [-0.2, 0) is 0 Å². The van der Waals surface area contributed by atoms with E-state index in [1.165, 1.54) is 36.4 Å². The summed E-state index contributed by atoms with van der Waals surface area (Å²) in [6.45, 7) is 0. The lowest BCUT2D eigenvalue weighted by Crippen LogP contribution is -1.77. The molecule has 0 aliphatic carbocycles. The number of carbonyl (C=O) groups is 1. The first-order chi connectivity index (χ1) is 7.72. The normalized spacial score (nSPS) is 8.88. The summed E-state index contributed by atoms with van der Waals surface area (Å²) >= 11 is 0. The first-order valence-corrected chi connectivity index (χ1v) is 4.63. The second-order valence-electron chi connectivity index (χ2n) is 2.96. The highest BCUT2D eigenvalue weighted by Gasteiger charge is 1.88. The summed E-state index contributed by atoms with van der Waals surface area (Å²) in [4.78, 5) is 10.00. The molecule has 1 nitrogen and oxygen atoms in total. The van der Waals surface area contributed by atoms with Crippen LogP contribution in [0.25, 0.3) is 0 Å². The molecule has 16 heavy (non-hydrogen) atoms. The van der Waals surface area contributed by atoms with Gasteiger partial charge in [0.25, 0.3) is 0 Å². The maximum absolute atomic E-state index is 12.1. The maximum Gasteiger partial charge on any atom is 0.150 e. The van der Waals surface area contributed by atoms with Crippen molar-refractivity contribution in [2.45, 2.75) is 0 Å². The molecule has 0 bridgehead atoms. The zero-order valence-electron chi connectivity index (χ0n) is 8.44. The van der Waals surface area contributed by atoms with Gasteiger partial charge in [-0.3, -0.25) is 4.79 Å². The van der Waals surface area contributed by atoms with E-state index in [-0.39, 0.29) is 11.6 Å². The molecular formula is C13H10F2O. The summed E-state index contributed by atoms with van der Waals surface area (Å²) in [6, 6.07) is 13.3. The molecule has 0 heterocycles. The van der Waals surface area contributed by atoms with Crippen LogP contribution < -0.4 is 0 Å². The molecule has 0 atom stereocenters. The Kier molecular flexibility index (Phi) is 4.86. The van der Waals surface area contributed by atoms with Crippen molar-refractivity contribution >= 4 is 6.29 Å². The van der Waals surface area contributed by atoms with Gasteiger partial charge in [-0.1, -0.05) is 18.2 Å². The second kappa shape index (κ2) is 6.45. The molecule has 0 aliphatic heterocycles. The molecule has 2 rings (SSSR count). The van der Waals surface area contributed by atoms with Crippen molar-refractivity contribution in [3.63, 3.8) is 0 Å². The SMILES string of the molecule is Fc1ccccc1.O=Cc1ccc(F)cc1. The quantitative estimate of drug-likeness (QED) is 0.672. The van der Waals surface area contributed by atoms with Gasteiger partial charge in [-0.05, 0) is 36.4 Å². The molecule has 0 spiro atoms. The van der Waals surface area contributed by atoms with Crippen LogP contribution >= 0.6 is 0 Å². The largest absolute Gasteiger partial charge is 0.298 e. The average Bonchev–Trinajstić information content (AvgIpc) is 2.32. The molecule has 2 aromatic rings. The van der Waals surface area contributed by atoms with Crippen LogP contribution in [0, 0.1) is 11.6 Å². The minimum Gasteiger partial charge on any atom is -0.298 e. The van der Waals surface area contributed by atoms with Crippen LogP contribution in [0.1, 0.15) is 10.4 Å². The van der Waals surface area contributed by atoms with Crippen LogP contribution in [0.2, 0.25) is 0 Å². The molecule has 0 aliphatic rings. The third-order valence-electron chi connectivity index (χ3n) is 1.74. The molecule has 2 aromatic carbocycles. The Morgan fingerprint density at radius 3 is 1.62 bits per heavy atom. The van der Waals surface area contributed by atoms with Gasteiger partial charge in [0.1, 0.15) is 17.9 Å². The number of benzene rings is 2. The standard InChI is InChI=1S/C7H5FO.C6H5F/c8-7-3-1-6(5-9)2-4-7;7-6-4-2-1-3-5-6/h1-5H;1-5H. The number of hydrogen-bond acceptors (Lipinski definition) is 1. The fraction of sp³-hybridized carbons (Fsp3) is 0. The molecule has 0 unspecified atom stereocenters. The maximum atomic E-state index is 12.1. The highest BCUT2D eigenvalue weighted by Crippen LogP contribution is 1.98. The van der Waals surface area contributed by atoms with Gasteiger partial charge in [0.05, 0.1) is 0 Å². The van der Waals surface area contributed by atoms with E-state index in [9.17, 15) is 13.6 Å². The summed E-state index contributed by atoms with van der Waals surface area (Å²) in [5.41, 5.74) is 0.497. The smallest absolute Gasteiger partial charge is 0.150 e. The van der Waals surface area contributed by atoms with E-state index in [2.05, 4.69) is 0 Å². The molecular weight excluding hydrogens is 210 g/mol. The van der Waals surface area contributed by atoms with Crippen LogP contribution in [0.4, 0.5) is 8.78 Å². The predicted octanol–water partition coefficient (Wildman–Crippen LogP) is 3.46. The summed E-state index contributed by atoms with van der Waals surface area (Å²) in [5.74, 6) is -0.497. The van der Waals surface area contributed by atoms with E-state index < -0.39 is 0 Å². The molecule has 0 N–H and O–H groups in total. The Morgan fingerprint density at radius 2 is 1.25 bits per heavy atom. The van der Waals surface area contributed by atoms with E-state index in [1.807, 2.05) is 0 Å². The van der Waals surface area contributed by atoms with Crippen molar-refractivity contribution < 1.29 is 13.6 Å². The van der Waals surface area contributed by atoms with Crippen molar-refractivity contribution in [3.05, 3.63) is 71.8 Å². The number of rotatable bonds is 1. The number of aldehydes is 1. The van der Waals surface area contributed by atoms with Gasteiger partial charge in [0.15, 0.2) is 0 Å². The molecule has 0 saturated heterocycles. The Hall–Kier alpha value is -2.03. The lowest BCUT2D eigenvalue weighted by Gasteiger charge is -1.86. The average molecular weight is 220 g/mol. The van der Waals surface area contributed by atoms with Crippen molar-refractivity contribution in [2.75, 3.05) is 0 Å². The highest BCUT2D eigenvalue weighted by molar-refractivity contribution is 5.74. The minimum absolute atomic E-state index is 0.178. The van der Waals surface area contributed by atoms with Gasteiger partial charge in [0.2, 0.25) is 0 Å². The minimum atomic E-state index is -0.319. The van der Waals surface area contributed by atoms with E-state index in [0.29, 0.717) is 11.8 Å². The Labute approximate surface area is 92.4 Å². The fourth-order valence-electron chi connectivity index (χ4n) is 0.956. The first kappa shape index (κ1) is 12.0. The molecule has 0 radical (unpaired) electrons. The number of hydrogen-bond donors (Lipinski definition) is 0. The van der Waals surface area contributed by atoms with E-state index in [4.69, 9.17) is 0 Å². The number of halogens is 2. The lowest BCUT2D eigenvalue weighted by molar-refractivity contribution is 0.112. The van der Waals surface area contributed by atoms with Gasteiger partial charge >= 0.3 is 0 Å². The molecule has 3 heteroatoms. The monoisotopic (exact) mass is 220 g/mol. The fourth-order valence-corrected chi connectivity index (χ4v) is 0.956. The van der Waals surface area contributed by atoms with Crippen LogP contribution in [0.3, 0.4) is 0 Å². The molecule has 0 aromatic heterocycles. The zero-order chi connectivity index (χ0) is 11.8. The predicted molar refractivity (Wildman–Crippen MR) is 58.2 cm³/mol. The van der Waals surface area contributed by atoms with Gasteiger partial charge in [-0.15, -0.1) is 0 Å². The Balaban J connectivity index is 0.000000165. The topological polar surface area (TPSA) is 17.1 Å². The van der Waals surface area contributed by atoms with E-state index in [0.717, 1.165) is 0 Å². The lowest BCUT2D eigenvalue weighted by atomic mass is 10.2. The summed E-state index contributed by atoms with van der Waals surface area (Å²) in [7, 11) is 0. The van der Waals surface area contributed by atoms with Crippen LogP contribution in [-0.4, -0.2) is 6.29 Å². The van der Waals surface area contributed by atoms with Crippen LogP contribution in [0.15, 0.2) is 54.6 Å². The van der Waals surface area contributed by atoms with Gasteiger partial charge in [0, 0.05) is 5.56 Å². The first-order valence-electron chi connectivity index (χ1n) is 4.63. The number of carbonyl (C=O) groups excluding carboxylic acids is 1. The van der Waals surface area contributed by atoms with Crippen molar-refractivity contribution in [2.24, 2.45) is 0 Å². The third kappa shape index (κ3) is 4.46. The molecule has 0 fully saturated rings. The van der Waals surface area contributed by atoms with Crippen molar-refractivity contribution in [3.8, 4) is 0 Å². The summed E-state index contributed by atoms with van der Waals surface area (Å²) < 4.78 is 24.0. The van der Waals surface area contributed by atoms with Gasteiger partial charge < -0.3 is 0 Å². The summed E-state index contributed by atoms with van der Waals surface area (Å²) in [5, 5.41) is 0. The second-order valence-corrected chi connectivity index (χ2v) is 2.96. The molecule has 82 valence electrons. The third-order valence-corrected chi connectivity index (χ3v) is 1.74. The molecule has 0 saturated carbocycles. The highest BCUT2D eigenvalue weighted by atomic mass is 19.1. The van der Waals surface area contributed by atoms with Crippen molar-refractivity contribution in [1.29, 1.82) is 0 Å². The Morgan fingerprint density at radius 1 is 0.750 bits per heavy atom. The van der Waals surface area contributed by atoms with Gasteiger partial charge in [-0.25, -0.2) is 8.78 Å². The summed E-state index contributed by atoms with van der Waals surface area (Å²) in [6.07, 6.45) is 0.680. The zero-order valence-corrected chi connectivity index (χ0v) is 8.44. The Bertz CT molecular complexity index is 423. The van der Waals surface area contributed by atoms with Gasteiger partial charge in [-0.2, -0.15) is 0 Å².